The van der Waals surface area contributed by atoms with Crippen LogP contribution in [0.15, 0.2) is 12.4 Å². The Morgan fingerprint density at radius 1 is 1.28 bits per heavy atom. The van der Waals surface area contributed by atoms with Crippen molar-refractivity contribution < 1.29 is 5.11 Å². The number of nitrogens with one attached hydrogen (secondary N) is 1. The molecular formula is C14H25N3O. The van der Waals surface area contributed by atoms with Crippen molar-refractivity contribution in [1.82, 2.24) is 15.3 Å². The Morgan fingerprint density at radius 3 is 2.39 bits per heavy atom. The topological polar surface area (TPSA) is 58.0 Å². The van der Waals surface area contributed by atoms with E-state index in [1.807, 2.05) is 6.92 Å². The smallest absolute Gasteiger partial charge is 0.0782 e. The van der Waals surface area contributed by atoms with Gasteiger partial charge in [0.2, 0.25) is 0 Å². The summed E-state index contributed by atoms with van der Waals surface area (Å²) in [6.07, 6.45) is 5.37. The molecule has 18 heavy (non-hydrogen) atoms. The van der Waals surface area contributed by atoms with Crippen LogP contribution in [0.1, 0.15) is 51.0 Å². The van der Waals surface area contributed by atoms with Gasteiger partial charge >= 0.3 is 0 Å². The second-order valence-electron chi connectivity index (χ2n) is 4.99. The van der Waals surface area contributed by atoms with Crippen LogP contribution in [0, 0.1) is 12.3 Å². The van der Waals surface area contributed by atoms with Crippen LogP contribution in [0.2, 0.25) is 0 Å². The highest BCUT2D eigenvalue weighted by atomic mass is 16.3. The first-order valence-electron chi connectivity index (χ1n) is 6.70. The monoisotopic (exact) mass is 251 g/mol. The standard InChI is InChI=1S/C14H25N3O/c1-5-14(6-2,10-18)9-17-12(4)13-11(3)15-7-8-16-13/h7-8,12,17-18H,5-6,9-10H2,1-4H3. The SMILES string of the molecule is CCC(CC)(CO)CNC(C)c1nccnc1C. The van der Waals surface area contributed by atoms with Crippen LogP contribution in [0.5, 0.6) is 0 Å². The molecule has 1 heterocycles. The Balaban J connectivity index is 2.66. The van der Waals surface area contributed by atoms with Gasteiger partial charge in [-0.1, -0.05) is 13.8 Å². The lowest BCUT2D eigenvalue weighted by atomic mass is 9.83. The van der Waals surface area contributed by atoms with Gasteiger partial charge in [0.1, 0.15) is 0 Å². The molecule has 0 fully saturated rings. The second kappa shape index (κ2) is 6.81. The molecule has 2 N–H and O–H groups in total. The predicted octanol–water partition coefficient (Wildman–Crippen LogP) is 2.23. The highest BCUT2D eigenvalue weighted by molar-refractivity contribution is 5.12. The fourth-order valence-electron chi connectivity index (χ4n) is 2.09. The molecule has 1 unspecified atom stereocenters. The van der Waals surface area contributed by atoms with Gasteiger partial charge in [0, 0.05) is 37.0 Å². The van der Waals surface area contributed by atoms with E-state index >= 15 is 0 Å². The first-order chi connectivity index (χ1) is 8.58. The van der Waals surface area contributed by atoms with Crippen LogP contribution in [0.4, 0.5) is 0 Å². The van der Waals surface area contributed by atoms with Crippen LogP contribution >= 0.6 is 0 Å². The first-order valence-corrected chi connectivity index (χ1v) is 6.70. The summed E-state index contributed by atoms with van der Waals surface area (Å²) in [4.78, 5) is 8.62. The van der Waals surface area contributed by atoms with E-state index in [1.165, 1.54) is 0 Å². The molecule has 0 aliphatic heterocycles. The predicted molar refractivity (Wildman–Crippen MR) is 73.3 cm³/mol. The van der Waals surface area contributed by atoms with E-state index in [-0.39, 0.29) is 18.1 Å². The van der Waals surface area contributed by atoms with Gasteiger partial charge < -0.3 is 10.4 Å². The Bertz CT molecular complexity index is 356. The molecule has 0 amide bonds. The van der Waals surface area contributed by atoms with Crippen molar-refractivity contribution in [2.24, 2.45) is 5.41 Å². The maximum atomic E-state index is 9.55. The minimum atomic E-state index is -0.0234. The minimum absolute atomic E-state index is 0.0234. The molecule has 1 rings (SSSR count). The second-order valence-corrected chi connectivity index (χ2v) is 4.99. The zero-order chi connectivity index (χ0) is 13.6. The first kappa shape index (κ1) is 15.1. The molecule has 1 atom stereocenters. The van der Waals surface area contributed by atoms with Crippen LogP contribution < -0.4 is 5.32 Å². The van der Waals surface area contributed by atoms with Crippen molar-refractivity contribution >= 4 is 0 Å². The van der Waals surface area contributed by atoms with Crippen LogP contribution in [-0.4, -0.2) is 28.2 Å². The molecular weight excluding hydrogens is 226 g/mol. The van der Waals surface area contributed by atoms with E-state index in [0.29, 0.717) is 0 Å². The third kappa shape index (κ3) is 3.50. The summed E-state index contributed by atoms with van der Waals surface area (Å²) < 4.78 is 0. The zero-order valence-electron chi connectivity index (χ0n) is 11.9. The van der Waals surface area contributed by atoms with Crippen molar-refractivity contribution in [3.05, 3.63) is 23.8 Å². The number of aliphatic hydroxyl groups is 1. The van der Waals surface area contributed by atoms with Crippen molar-refractivity contribution in [3.63, 3.8) is 0 Å². The van der Waals surface area contributed by atoms with E-state index in [1.54, 1.807) is 12.4 Å². The fraction of sp³-hybridized carbons (Fsp3) is 0.714. The highest BCUT2D eigenvalue weighted by Gasteiger charge is 2.26. The molecule has 102 valence electrons. The van der Waals surface area contributed by atoms with Crippen molar-refractivity contribution in [3.8, 4) is 0 Å². The van der Waals surface area contributed by atoms with Crippen LogP contribution in [0.3, 0.4) is 0 Å². The lowest BCUT2D eigenvalue weighted by molar-refractivity contribution is 0.110. The Morgan fingerprint density at radius 2 is 1.89 bits per heavy atom. The molecule has 0 aliphatic rings. The number of aromatic nitrogens is 2. The molecule has 0 saturated carbocycles. The van der Waals surface area contributed by atoms with Gasteiger partial charge in [0.15, 0.2) is 0 Å². The van der Waals surface area contributed by atoms with E-state index in [2.05, 4.69) is 36.1 Å². The molecule has 0 aromatic carbocycles. The largest absolute Gasteiger partial charge is 0.396 e. The molecule has 0 radical (unpaired) electrons. The lowest BCUT2D eigenvalue weighted by Gasteiger charge is -2.31. The Hall–Kier alpha value is -1.00. The lowest BCUT2D eigenvalue weighted by Crippen LogP contribution is -2.38. The van der Waals surface area contributed by atoms with Gasteiger partial charge in [-0.2, -0.15) is 0 Å². The van der Waals surface area contributed by atoms with Crippen LogP contribution in [-0.2, 0) is 0 Å². The maximum absolute atomic E-state index is 9.55. The van der Waals surface area contributed by atoms with Crippen molar-refractivity contribution in [2.45, 2.75) is 46.6 Å². The molecule has 4 heteroatoms. The minimum Gasteiger partial charge on any atom is -0.396 e. The van der Waals surface area contributed by atoms with Gasteiger partial charge in [0.05, 0.1) is 11.4 Å². The zero-order valence-corrected chi connectivity index (χ0v) is 11.9. The molecule has 0 spiro atoms. The van der Waals surface area contributed by atoms with Gasteiger partial charge in [-0.05, 0) is 26.7 Å². The summed E-state index contributed by atoms with van der Waals surface area (Å²) in [5.74, 6) is 0. The molecule has 1 aromatic heterocycles. The molecule has 1 aromatic rings. The van der Waals surface area contributed by atoms with Crippen molar-refractivity contribution in [1.29, 1.82) is 0 Å². The molecule has 0 bridgehead atoms. The molecule has 0 saturated heterocycles. The number of aliphatic hydroxyl groups excluding tert-OH is 1. The Labute approximate surface area is 110 Å². The molecule has 0 aliphatic carbocycles. The summed E-state index contributed by atoms with van der Waals surface area (Å²) in [5.41, 5.74) is 1.92. The third-order valence-corrected chi connectivity index (χ3v) is 3.95. The van der Waals surface area contributed by atoms with E-state index < -0.39 is 0 Å². The van der Waals surface area contributed by atoms with Gasteiger partial charge in [-0.25, -0.2) is 0 Å². The Kier molecular flexibility index (Phi) is 5.69. The maximum Gasteiger partial charge on any atom is 0.0782 e. The van der Waals surface area contributed by atoms with Crippen LogP contribution in [0.25, 0.3) is 0 Å². The van der Waals surface area contributed by atoms with Gasteiger partial charge in [-0.15, -0.1) is 0 Å². The summed E-state index contributed by atoms with van der Waals surface area (Å²) >= 11 is 0. The quantitative estimate of drug-likeness (QED) is 0.780. The third-order valence-electron chi connectivity index (χ3n) is 3.95. The summed E-state index contributed by atoms with van der Waals surface area (Å²) in [5, 5.41) is 13.0. The number of nitrogens with zero attached hydrogens (tertiary/aromatic N) is 2. The highest BCUT2D eigenvalue weighted by Crippen LogP contribution is 2.25. The van der Waals surface area contributed by atoms with E-state index in [4.69, 9.17) is 0 Å². The van der Waals surface area contributed by atoms with Crippen molar-refractivity contribution in [2.75, 3.05) is 13.2 Å². The summed E-state index contributed by atoms with van der Waals surface area (Å²) in [6, 6.07) is 0.155. The fourth-order valence-corrected chi connectivity index (χ4v) is 2.09. The van der Waals surface area contributed by atoms with E-state index in [0.717, 1.165) is 30.8 Å². The average Bonchev–Trinajstić information content (AvgIpc) is 2.41. The van der Waals surface area contributed by atoms with E-state index in [9.17, 15) is 5.11 Å². The average molecular weight is 251 g/mol. The molecule has 4 nitrogen and oxygen atoms in total. The summed E-state index contributed by atoms with van der Waals surface area (Å²) in [6.45, 7) is 9.33. The number of aryl methyl sites for hydroxylation is 1. The number of hydrogen-bond acceptors (Lipinski definition) is 4. The normalized spacial score (nSPS) is 13.6. The summed E-state index contributed by atoms with van der Waals surface area (Å²) in [7, 11) is 0. The van der Waals surface area contributed by atoms with Gasteiger partial charge in [0.25, 0.3) is 0 Å². The van der Waals surface area contributed by atoms with Gasteiger partial charge in [-0.3, -0.25) is 9.97 Å². The number of hydrogen-bond donors (Lipinski definition) is 2. The number of rotatable bonds is 7.